The van der Waals surface area contributed by atoms with E-state index in [1.807, 2.05) is 0 Å². The number of rotatable bonds is 6. The van der Waals surface area contributed by atoms with Crippen LogP contribution in [-0.2, 0) is 31.5 Å². The van der Waals surface area contributed by atoms with Crippen LogP contribution in [0.3, 0.4) is 0 Å². The van der Waals surface area contributed by atoms with Gasteiger partial charge in [-0.05, 0) is 0 Å². The Morgan fingerprint density at radius 3 is 0.905 bits per heavy atom. The molecule has 15 heteroatoms. The smallest absolute Gasteiger partial charge is 0.358 e. The van der Waals surface area contributed by atoms with Gasteiger partial charge < -0.3 is 12.5 Å². The van der Waals surface area contributed by atoms with E-state index in [9.17, 15) is 36.9 Å². The van der Waals surface area contributed by atoms with E-state index >= 15 is 0 Å². The standard InChI is InChI=1S/C6H3F3O9S3/c7-19(10,11)16-4-1-5(17-20(8,12)13)3-6(2-4)18-21(9,14)15/h1-3H. The Hall–Kier alpha value is -1.74. The summed E-state index contributed by atoms with van der Waals surface area (Å²) in [5.41, 5.74) is 0. The van der Waals surface area contributed by atoms with Gasteiger partial charge in [0.2, 0.25) is 0 Å². The molecule has 1 aromatic rings. The number of benzene rings is 1. The lowest BCUT2D eigenvalue weighted by Gasteiger charge is -2.07. The van der Waals surface area contributed by atoms with Crippen LogP contribution >= 0.6 is 0 Å². The Kier molecular flexibility index (Phi) is 4.59. The van der Waals surface area contributed by atoms with E-state index in [2.05, 4.69) is 12.5 Å². The first-order valence-corrected chi connectivity index (χ1v) is 8.23. The topological polar surface area (TPSA) is 130 Å². The summed E-state index contributed by atoms with van der Waals surface area (Å²) in [5.74, 6) is -3.22. The molecule has 0 aliphatic heterocycles. The summed E-state index contributed by atoms with van der Waals surface area (Å²) in [6.45, 7) is 0. The van der Waals surface area contributed by atoms with Crippen LogP contribution in [0.25, 0.3) is 0 Å². The summed E-state index contributed by atoms with van der Waals surface area (Å²) in [7, 11) is -16.8. The zero-order valence-corrected chi connectivity index (χ0v) is 11.7. The van der Waals surface area contributed by atoms with Crippen molar-refractivity contribution in [2.75, 3.05) is 0 Å². The molecule has 0 N–H and O–H groups in total. The molecule has 1 aromatic carbocycles. The highest BCUT2D eigenvalue weighted by Crippen LogP contribution is 2.30. The molecular formula is C6H3F3O9S3. The van der Waals surface area contributed by atoms with Gasteiger partial charge in [0.15, 0.2) is 17.2 Å². The lowest BCUT2D eigenvalue weighted by Crippen LogP contribution is -2.06. The second kappa shape index (κ2) is 5.57. The van der Waals surface area contributed by atoms with Crippen molar-refractivity contribution in [3.8, 4) is 17.2 Å². The molecule has 1 rings (SSSR count). The lowest BCUT2D eigenvalue weighted by atomic mass is 10.3. The van der Waals surface area contributed by atoms with Crippen molar-refractivity contribution in [2.24, 2.45) is 0 Å². The lowest BCUT2D eigenvalue weighted by molar-refractivity contribution is 0.425. The van der Waals surface area contributed by atoms with E-state index in [1.54, 1.807) is 0 Å². The molecule has 120 valence electrons. The zero-order valence-electron chi connectivity index (χ0n) is 9.26. The van der Waals surface area contributed by atoms with Crippen LogP contribution in [0.5, 0.6) is 17.2 Å². The highest BCUT2D eigenvalue weighted by Gasteiger charge is 2.19. The summed E-state index contributed by atoms with van der Waals surface area (Å²) in [6, 6.07) is 1.06. The van der Waals surface area contributed by atoms with Gasteiger partial charge in [-0.25, -0.2) is 0 Å². The van der Waals surface area contributed by atoms with Crippen LogP contribution < -0.4 is 12.5 Å². The third kappa shape index (κ3) is 7.57. The summed E-state index contributed by atoms with van der Waals surface area (Å²) in [4.78, 5) is 0. The largest absolute Gasteiger partial charge is 0.488 e. The van der Waals surface area contributed by atoms with Gasteiger partial charge in [-0.2, -0.15) is 25.3 Å². The maximum absolute atomic E-state index is 12.3. The van der Waals surface area contributed by atoms with Gasteiger partial charge in [0.1, 0.15) is 0 Å². The third-order valence-corrected chi connectivity index (χ3v) is 2.62. The summed E-state index contributed by atoms with van der Waals surface area (Å²) >= 11 is 0. The quantitative estimate of drug-likeness (QED) is 0.654. The van der Waals surface area contributed by atoms with Crippen molar-refractivity contribution in [1.82, 2.24) is 0 Å². The third-order valence-electron chi connectivity index (χ3n) is 1.44. The predicted molar refractivity (Wildman–Crippen MR) is 58.4 cm³/mol. The summed E-state index contributed by atoms with van der Waals surface area (Å²) < 4.78 is 109. The first kappa shape index (κ1) is 17.3. The molecule has 0 aliphatic carbocycles. The zero-order chi connectivity index (χ0) is 16.5. The maximum atomic E-state index is 12.3. The Morgan fingerprint density at radius 2 is 0.762 bits per heavy atom. The van der Waals surface area contributed by atoms with Gasteiger partial charge in [0.25, 0.3) is 0 Å². The van der Waals surface area contributed by atoms with Gasteiger partial charge in [0.05, 0.1) is 0 Å². The van der Waals surface area contributed by atoms with E-state index in [-0.39, 0.29) is 0 Å². The Bertz CT molecular complexity index is 716. The first-order chi connectivity index (χ1) is 9.23. The molecule has 0 amide bonds. The molecular weight excluding hydrogens is 369 g/mol. The van der Waals surface area contributed by atoms with Crippen LogP contribution in [0.1, 0.15) is 0 Å². The molecule has 9 nitrogen and oxygen atoms in total. The van der Waals surface area contributed by atoms with Crippen LogP contribution in [0, 0.1) is 0 Å². The van der Waals surface area contributed by atoms with E-state index in [1.165, 1.54) is 0 Å². The fraction of sp³-hybridized carbons (Fsp3) is 0. The second-order valence-electron chi connectivity index (χ2n) is 3.07. The minimum absolute atomic E-state index is 0.353. The van der Waals surface area contributed by atoms with Crippen molar-refractivity contribution in [3.05, 3.63) is 18.2 Å². The molecule has 0 atom stereocenters. The van der Waals surface area contributed by atoms with Gasteiger partial charge >= 0.3 is 31.5 Å². The average molecular weight is 372 g/mol. The Labute approximate surface area is 117 Å². The molecule has 0 spiro atoms. The molecule has 0 bridgehead atoms. The number of hydrogen-bond acceptors (Lipinski definition) is 9. The predicted octanol–water partition coefficient (Wildman–Crippen LogP) is 0.466. The summed E-state index contributed by atoms with van der Waals surface area (Å²) in [5, 5.41) is 0. The molecule has 0 fully saturated rings. The van der Waals surface area contributed by atoms with Crippen molar-refractivity contribution in [2.45, 2.75) is 0 Å². The molecule has 0 saturated carbocycles. The summed E-state index contributed by atoms with van der Waals surface area (Å²) in [6.07, 6.45) is 0. The SMILES string of the molecule is O=S(=O)(F)Oc1cc(OS(=O)(=O)F)cc(OS(=O)(=O)F)c1. The van der Waals surface area contributed by atoms with E-state index in [0.717, 1.165) is 0 Å². The Morgan fingerprint density at radius 1 is 0.571 bits per heavy atom. The minimum Gasteiger partial charge on any atom is -0.358 e. The second-order valence-corrected chi connectivity index (χ2v) is 5.93. The highest BCUT2D eigenvalue weighted by atomic mass is 32.3. The number of halogens is 3. The van der Waals surface area contributed by atoms with Crippen molar-refractivity contribution in [1.29, 1.82) is 0 Å². The van der Waals surface area contributed by atoms with Gasteiger partial charge in [0, 0.05) is 18.2 Å². The van der Waals surface area contributed by atoms with Gasteiger partial charge in [-0.15, -0.1) is 0 Å². The van der Waals surface area contributed by atoms with Crippen LogP contribution in [0.4, 0.5) is 11.7 Å². The molecule has 0 saturated heterocycles. The van der Waals surface area contributed by atoms with E-state index in [0.29, 0.717) is 18.2 Å². The monoisotopic (exact) mass is 372 g/mol. The fourth-order valence-corrected chi connectivity index (χ4v) is 2.01. The van der Waals surface area contributed by atoms with E-state index < -0.39 is 48.8 Å². The molecule has 0 aliphatic rings. The fourth-order valence-electron chi connectivity index (χ4n) is 1.03. The molecule has 0 unspecified atom stereocenters. The normalized spacial score (nSPS) is 12.7. The number of hydrogen-bond donors (Lipinski definition) is 0. The minimum atomic E-state index is -5.60. The molecule has 21 heavy (non-hydrogen) atoms. The highest BCUT2D eigenvalue weighted by molar-refractivity contribution is 7.82. The van der Waals surface area contributed by atoms with Crippen LogP contribution in [0.2, 0.25) is 0 Å². The average Bonchev–Trinajstić information content (AvgIpc) is 2.06. The first-order valence-electron chi connectivity index (χ1n) is 4.31. The van der Waals surface area contributed by atoms with Crippen LogP contribution in [-0.4, -0.2) is 25.3 Å². The van der Waals surface area contributed by atoms with E-state index in [4.69, 9.17) is 0 Å². The van der Waals surface area contributed by atoms with Gasteiger partial charge in [-0.3, -0.25) is 0 Å². The van der Waals surface area contributed by atoms with Crippen LogP contribution in [0.15, 0.2) is 18.2 Å². The van der Waals surface area contributed by atoms with Gasteiger partial charge in [-0.1, -0.05) is 11.7 Å². The maximum Gasteiger partial charge on any atom is 0.488 e. The molecule has 0 heterocycles. The molecule has 0 aromatic heterocycles. The molecule has 0 radical (unpaired) electrons. The van der Waals surface area contributed by atoms with Crippen molar-refractivity contribution < 1.29 is 49.5 Å². The van der Waals surface area contributed by atoms with Crippen molar-refractivity contribution >= 4 is 31.5 Å². The Balaban J connectivity index is 3.31. The van der Waals surface area contributed by atoms with Crippen molar-refractivity contribution in [3.63, 3.8) is 0 Å².